The first kappa shape index (κ1) is 31.5. The van der Waals surface area contributed by atoms with Crippen molar-refractivity contribution >= 4 is 24.1 Å². The Kier molecular flexibility index (Phi) is 15.2. The molecule has 11 heteroatoms. The lowest BCUT2D eigenvalue weighted by atomic mass is 10.2. The number of ether oxygens (including phenoxy) is 5. The minimum absolute atomic E-state index is 0.130. The van der Waals surface area contributed by atoms with Crippen molar-refractivity contribution in [2.75, 3.05) is 46.2 Å². The number of carbonyl (C=O) groups is 4. The van der Waals surface area contributed by atoms with Crippen LogP contribution in [0.3, 0.4) is 0 Å². The zero-order valence-electron chi connectivity index (χ0n) is 22.2. The van der Waals surface area contributed by atoms with Gasteiger partial charge < -0.3 is 33.5 Å². The maximum atomic E-state index is 12.3. The van der Waals surface area contributed by atoms with E-state index in [0.717, 1.165) is 19.6 Å². The summed E-state index contributed by atoms with van der Waals surface area (Å²) in [6.07, 6.45) is 6.66. The SMILES string of the molecule is C=C(C)C(=O)OCCOC(=O)OC(COC(=O)CCN1C=CN(CCCCCC)C1)COC(=O)C(=C)C. The van der Waals surface area contributed by atoms with Crippen molar-refractivity contribution in [3.8, 4) is 0 Å². The van der Waals surface area contributed by atoms with Gasteiger partial charge in [0, 0.05) is 36.6 Å². The van der Waals surface area contributed by atoms with Crippen LogP contribution in [0.5, 0.6) is 0 Å². The number of rotatable bonds is 18. The van der Waals surface area contributed by atoms with Crippen molar-refractivity contribution in [2.24, 2.45) is 0 Å². The van der Waals surface area contributed by atoms with Gasteiger partial charge in [-0.15, -0.1) is 0 Å². The summed E-state index contributed by atoms with van der Waals surface area (Å²) in [6, 6.07) is 0. The van der Waals surface area contributed by atoms with E-state index >= 15 is 0 Å². The summed E-state index contributed by atoms with van der Waals surface area (Å²) >= 11 is 0. The lowest BCUT2D eigenvalue weighted by Crippen LogP contribution is -2.32. The topological polar surface area (TPSA) is 121 Å². The van der Waals surface area contributed by atoms with Gasteiger partial charge in [-0.05, 0) is 20.3 Å². The maximum absolute atomic E-state index is 12.3. The van der Waals surface area contributed by atoms with Crippen LogP contribution in [0.4, 0.5) is 4.79 Å². The van der Waals surface area contributed by atoms with Crippen molar-refractivity contribution in [2.45, 2.75) is 59.0 Å². The van der Waals surface area contributed by atoms with Gasteiger partial charge in [-0.3, -0.25) is 4.79 Å². The van der Waals surface area contributed by atoms with E-state index in [0.29, 0.717) is 6.54 Å². The van der Waals surface area contributed by atoms with Crippen molar-refractivity contribution in [1.29, 1.82) is 0 Å². The van der Waals surface area contributed by atoms with Gasteiger partial charge in [0.25, 0.3) is 0 Å². The van der Waals surface area contributed by atoms with E-state index in [2.05, 4.69) is 25.0 Å². The lowest BCUT2D eigenvalue weighted by molar-refractivity contribution is -0.151. The van der Waals surface area contributed by atoms with Crippen LogP contribution in [0.1, 0.15) is 52.9 Å². The molecule has 0 amide bonds. The molecule has 0 bridgehead atoms. The number of hydrogen-bond acceptors (Lipinski definition) is 11. The molecular weight excluding hydrogens is 484 g/mol. The first-order valence-electron chi connectivity index (χ1n) is 12.4. The Morgan fingerprint density at radius 1 is 0.811 bits per heavy atom. The average molecular weight is 525 g/mol. The van der Waals surface area contributed by atoms with Crippen molar-refractivity contribution in [3.63, 3.8) is 0 Å². The van der Waals surface area contributed by atoms with E-state index < -0.39 is 30.2 Å². The normalized spacial score (nSPS) is 13.1. The standard InChI is InChI=1S/C26H40N2O9/c1-6-7-8-9-11-27-13-14-28(19-27)12-10-23(29)35-17-22(18-36-25(31)21(4)5)37-26(32)34-16-15-33-24(30)20(2)3/h13-14,22H,2,4,6-12,15-19H2,1,3,5H3. The quantitative estimate of drug-likeness (QED) is 0.114. The molecule has 0 fully saturated rings. The van der Waals surface area contributed by atoms with Crippen LogP contribution in [-0.4, -0.2) is 86.2 Å². The molecule has 0 saturated heterocycles. The number of unbranched alkanes of at least 4 members (excludes halogenated alkanes) is 3. The van der Waals surface area contributed by atoms with Crippen LogP contribution in [0, 0.1) is 0 Å². The summed E-state index contributed by atoms with van der Waals surface area (Å²) in [5.74, 6) is -1.78. The molecule has 0 radical (unpaired) electrons. The van der Waals surface area contributed by atoms with Gasteiger partial charge in [0.15, 0.2) is 6.10 Å². The summed E-state index contributed by atoms with van der Waals surface area (Å²) in [4.78, 5) is 51.5. The van der Waals surface area contributed by atoms with Crippen LogP contribution >= 0.6 is 0 Å². The van der Waals surface area contributed by atoms with Gasteiger partial charge >= 0.3 is 24.1 Å². The molecule has 1 rings (SSSR count). The van der Waals surface area contributed by atoms with Gasteiger partial charge in [0.05, 0.1) is 13.1 Å². The number of hydrogen-bond donors (Lipinski definition) is 0. The fourth-order valence-corrected chi connectivity index (χ4v) is 3.00. The highest BCUT2D eigenvalue weighted by molar-refractivity contribution is 5.87. The second kappa shape index (κ2) is 17.9. The maximum Gasteiger partial charge on any atom is 0.508 e. The van der Waals surface area contributed by atoms with E-state index in [4.69, 9.17) is 23.7 Å². The summed E-state index contributed by atoms with van der Waals surface area (Å²) < 4.78 is 25.0. The zero-order valence-corrected chi connectivity index (χ0v) is 22.2. The summed E-state index contributed by atoms with van der Waals surface area (Å²) in [5, 5.41) is 0. The Hall–Kier alpha value is -3.50. The third-order valence-corrected chi connectivity index (χ3v) is 5.08. The largest absolute Gasteiger partial charge is 0.508 e. The first-order chi connectivity index (χ1) is 17.6. The van der Waals surface area contributed by atoms with E-state index in [1.807, 2.05) is 17.3 Å². The smallest absolute Gasteiger partial charge is 0.462 e. The molecule has 1 aliphatic rings. The van der Waals surface area contributed by atoms with Gasteiger partial charge in [-0.1, -0.05) is 39.3 Å². The first-order valence-corrected chi connectivity index (χ1v) is 12.4. The van der Waals surface area contributed by atoms with E-state index in [-0.39, 0.29) is 44.0 Å². The van der Waals surface area contributed by atoms with E-state index in [9.17, 15) is 19.2 Å². The van der Waals surface area contributed by atoms with Crippen LogP contribution < -0.4 is 0 Å². The molecule has 11 nitrogen and oxygen atoms in total. The molecule has 0 aromatic carbocycles. The lowest BCUT2D eigenvalue weighted by Gasteiger charge is -2.21. The highest BCUT2D eigenvalue weighted by Crippen LogP contribution is 2.10. The molecule has 1 atom stereocenters. The Morgan fingerprint density at radius 3 is 2.05 bits per heavy atom. The van der Waals surface area contributed by atoms with Gasteiger partial charge in [-0.2, -0.15) is 0 Å². The Labute approximate surface area is 219 Å². The monoisotopic (exact) mass is 524 g/mol. The number of carbonyl (C=O) groups excluding carboxylic acids is 4. The molecule has 208 valence electrons. The molecule has 0 aromatic heterocycles. The Balaban J connectivity index is 2.40. The molecule has 1 unspecified atom stereocenters. The van der Waals surface area contributed by atoms with Crippen LogP contribution in [0.25, 0.3) is 0 Å². The molecule has 37 heavy (non-hydrogen) atoms. The minimum atomic E-state index is -1.10. The fraction of sp³-hybridized carbons (Fsp3) is 0.615. The van der Waals surface area contributed by atoms with Crippen LogP contribution in [0.15, 0.2) is 36.7 Å². The van der Waals surface area contributed by atoms with Gasteiger partial charge in [-0.25, -0.2) is 14.4 Å². The molecule has 0 saturated carbocycles. The van der Waals surface area contributed by atoms with Crippen molar-refractivity contribution in [3.05, 3.63) is 36.7 Å². The van der Waals surface area contributed by atoms with Crippen molar-refractivity contribution in [1.82, 2.24) is 9.80 Å². The molecular formula is C26H40N2O9. The third kappa shape index (κ3) is 14.6. The van der Waals surface area contributed by atoms with Gasteiger partial charge in [0.1, 0.15) is 26.4 Å². The number of esters is 3. The summed E-state index contributed by atoms with van der Waals surface area (Å²) in [6.45, 7) is 13.1. The highest BCUT2D eigenvalue weighted by atomic mass is 16.7. The molecule has 1 aliphatic heterocycles. The van der Waals surface area contributed by atoms with Gasteiger partial charge in [0.2, 0.25) is 0 Å². The average Bonchev–Trinajstić information content (AvgIpc) is 3.32. The van der Waals surface area contributed by atoms with E-state index in [1.54, 1.807) is 0 Å². The summed E-state index contributed by atoms with van der Waals surface area (Å²) in [5.41, 5.74) is 0.375. The zero-order chi connectivity index (χ0) is 27.6. The van der Waals surface area contributed by atoms with Crippen molar-refractivity contribution < 1.29 is 42.9 Å². The van der Waals surface area contributed by atoms with Crippen LogP contribution in [-0.2, 0) is 38.1 Å². The highest BCUT2D eigenvalue weighted by Gasteiger charge is 2.21. The van der Waals surface area contributed by atoms with Crippen LogP contribution in [0.2, 0.25) is 0 Å². The predicted octanol–water partition coefficient (Wildman–Crippen LogP) is 3.31. The molecule has 1 heterocycles. The summed E-state index contributed by atoms with van der Waals surface area (Å²) in [7, 11) is 0. The minimum Gasteiger partial charge on any atom is -0.462 e. The fourth-order valence-electron chi connectivity index (χ4n) is 3.00. The van der Waals surface area contributed by atoms with E-state index in [1.165, 1.54) is 33.1 Å². The molecule has 0 aliphatic carbocycles. The Bertz CT molecular complexity index is 825. The molecule has 0 spiro atoms. The third-order valence-electron chi connectivity index (χ3n) is 5.08. The molecule has 0 N–H and O–H groups in total. The second-order valence-electron chi connectivity index (χ2n) is 8.69. The Morgan fingerprint density at radius 2 is 1.41 bits per heavy atom. The molecule has 0 aromatic rings. The second-order valence-corrected chi connectivity index (χ2v) is 8.69. The number of nitrogens with zero attached hydrogens (tertiary/aromatic N) is 2. The predicted molar refractivity (Wildman–Crippen MR) is 135 cm³/mol.